The van der Waals surface area contributed by atoms with E-state index in [0.29, 0.717) is 18.0 Å². The van der Waals surface area contributed by atoms with Gasteiger partial charge >= 0.3 is 0 Å². The van der Waals surface area contributed by atoms with E-state index in [-0.39, 0.29) is 12.1 Å². The van der Waals surface area contributed by atoms with Gasteiger partial charge in [-0.1, -0.05) is 30.3 Å². The van der Waals surface area contributed by atoms with Crippen LogP contribution in [-0.2, 0) is 4.74 Å². The maximum absolute atomic E-state index is 9.39. The van der Waals surface area contributed by atoms with Crippen molar-refractivity contribution in [2.75, 3.05) is 11.9 Å². The number of aromatic nitrogens is 1. The number of rotatable bonds is 3. The van der Waals surface area contributed by atoms with Crippen LogP contribution in [0, 0.1) is 25.2 Å². The average molecular weight is 307 g/mol. The van der Waals surface area contributed by atoms with Gasteiger partial charge < -0.3 is 10.1 Å². The number of aryl methyl sites for hydroxylation is 2. The second kappa shape index (κ2) is 6.80. The molecule has 1 aliphatic rings. The van der Waals surface area contributed by atoms with Gasteiger partial charge in [-0.15, -0.1) is 0 Å². The quantitative estimate of drug-likeness (QED) is 0.934. The van der Waals surface area contributed by atoms with Gasteiger partial charge in [0.25, 0.3) is 0 Å². The van der Waals surface area contributed by atoms with Gasteiger partial charge in [-0.2, -0.15) is 5.26 Å². The van der Waals surface area contributed by atoms with Crippen molar-refractivity contribution in [2.24, 2.45) is 0 Å². The molecule has 2 heterocycles. The summed E-state index contributed by atoms with van der Waals surface area (Å²) in [5, 5.41) is 12.9. The Labute approximate surface area is 137 Å². The molecule has 1 saturated heterocycles. The lowest BCUT2D eigenvalue weighted by Crippen LogP contribution is -2.30. The van der Waals surface area contributed by atoms with E-state index in [1.54, 1.807) is 0 Å². The summed E-state index contributed by atoms with van der Waals surface area (Å²) < 4.78 is 5.91. The number of nitrogens with one attached hydrogen (secondary N) is 1. The molecule has 2 aromatic rings. The Balaban J connectivity index is 1.77. The van der Waals surface area contributed by atoms with E-state index >= 15 is 0 Å². The number of hydrogen-bond acceptors (Lipinski definition) is 4. The molecule has 4 heteroatoms. The standard InChI is InChI=1S/C19H21N3O/c1-13-10-14(2)21-19(17(13)12-20)22-16-8-9-23-18(11-16)15-6-4-3-5-7-15/h3-7,10,16,18H,8-9,11H2,1-2H3,(H,21,22). The lowest BCUT2D eigenvalue weighted by Gasteiger charge is -2.31. The van der Waals surface area contributed by atoms with Gasteiger partial charge in [0, 0.05) is 18.3 Å². The van der Waals surface area contributed by atoms with Crippen LogP contribution in [0.3, 0.4) is 0 Å². The Kier molecular flexibility index (Phi) is 4.59. The van der Waals surface area contributed by atoms with Crippen molar-refractivity contribution in [1.82, 2.24) is 4.98 Å². The van der Waals surface area contributed by atoms with Gasteiger partial charge in [0.1, 0.15) is 11.9 Å². The molecular formula is C19H21N3O. The fourth-order valence-corrected chi connectivity index (χ4v) is 3.10. The number of hydrogen-bond donors (Lipinski definition) is 1. The predicted octanol–water partition coefficient (Wildman–Crippen LogP) is 3.90. The van der Waals surface area contributed by atoms with Crippen LogP contribution in [-0.4, -0.2) is 17.6 Å². The molecule has 4 nitrogen and oxygen atoms in total. The van der Waals surface area contributed by atoms with Crippen LogP contribution in [0.15, 0.2) is 36.4 Å². The van der Waals surface area contributed by atoms with Gasteiger partial charge in [-0.3, -0.25) is 0 Å². The summed E-state index contributed by atoms with van der Waals surface area (Å²) in [5.74, 6) is 0.698. The van der Waals surface area contributed by atoms with Crippen molar-refractivity contribution in [3.63, 3.8) is 0 Å². The van der Waals surface area contributed by atoms with Gasteiger partial charge in [0.05, 0.1) is 11.7 Å². The first kappa shape index (κ1) is 15.5. The normalized spacial score (nSPS) is 20.7. The topological polar surface area (TPSA) is 57.9 Å². The highest BCUT2D eigenvalue weighted by molar-refractivity contribution is 5.56. The summed E-state index contributed by atoms with van der Waals surface area (Å²) in [6.07, 6.45) is 1.89. The van der Waals surface area contributed by atoms with Crippen LogP contribution in [0.25, 0.3) is 0 Å². The van der Waals surface area contributed by atoms with Crippen LogP contribution >= 0.6 is 0 Å². The fraction of sp³-hybridized carbons (Fsp3) is 0.368. The Hall–Kier alpha value is -2.38. The first-order valence-corrected chi connectivity index (χ1v) is 7.99. The third-order valence-electron chi connectivity index (χ3n) is 4.25. The molecule has 0 amide bonds. The number of nitriles is 1. The summed E-state index contributed by atoms with van der Waals surface area (Å²) in [4.78, 5) is 4.52. The van der Waals surface area contributed by atoms with E-state index in [2.05, 4.69) is 28.5 Å². The molecule has 0 spiro atoms. The second-order valence-electron chi connectivity index (χ2n) is 6.05. The van der Waals surface area contributed by atoms with Crippen LogP contribution < -0.4 is 5.32 Å². The van der Waals surface area contributed by atoms with E-state index in [4.69, 9.17) is 4.74 Å². The van der Waals surface area contributed by atoms with Crippen LogP contribution in [0.1, 0.15) is 41.3 Å². The van der Waals surface area contributed by atoms with Crippen LogP contribution in [0.2, 0.25) is 0 Å². The molecule has 1 aliphatic heterocycles. The van der Waals surface area contributed by atoms with Crippen molar-refractivity contribution in [3.8, 4) is 6.07 Å². The van der Waals surface area contributed by atoms with E-state index in [9.17, 15) is 5.26 Å². The lowest BCUT2D eigenvalue weighted by molar-refractivity contribution is 0.00974. The zero-order chi connectivity index (χ0) is 16.2. The Morgan fingerprint density at radius 1 is 1.26 bits per heavy atom. The van der Waals surface area contributed by atoms with Crippen molar-refractivity contribution in [3.05, 3.63) is 58.8 Å². The largest absolute Gasteiger partial charge is 0.373 e. The maximum atomic E-state index is 9.39. The predicted molar refractivity (Wildman–Crippen MR) is 90.2 cm³/mol. The van der Waals surface area contributed by atoms with Crippen molar-refractivity contribution in [2.45, 2.75) is 38.8 Å². The maximum Gasteiger partial charge on any atom is 0.144 e. The summed E-state index contributed by atoms with van der Waals surface area (Å²) in [6, 6.07) is 14.8. The SMILES string of the molecule is Cc1cc(C)c(C#N)c(NC2CCOC(c3ccccc3)C2)n1. The molecule has 1 aromatic heterocycles. The molecule has 3 rings (SSSR count). The second-order valence-corrected chi connectivity index (χ2v) is 6.05. The Morgan fingerprint density at radius 2 is 2.04 bits per heavy atom. The first-order valence-electron chi connectivity index (χ1n) is 7.99. The highest BCUT2D eigenvalue weighted by Crippen LogP contribution is 2.30. The molecule has 0 radical (unpaired) electrons. The molecule has 1 N–H and O–H groups in total. The first-order chi connectivity index (χ1) is 11.2. The molecule has 0 bridgehead atoms. The summed E-state index contributed by atoms with van der Waals surface area (Å²) in [5.41, 5.74) is 3.73. The molecular weight excluding hydrogens is 286 g/mol. The van der Waals surface area contributed by atoms with Gasteiger partial charge in [0.15, 0.2) is 0 Å². The third-order valence-corrected chi connectivity index (χ3v) is 4.25. The van der Waals surface area contributed by atoms with E-state index < -0.39 is 0 Å². The van der Waals surface area contributed by atoms with Crippen molar-refractivity contribution < 1.29 is 4.74 Å². The van der Waals surface area contributed by atoms with Crippen LogP contribution in [0.5, 0.6) is 0 Å². The van der Waals surface area contributed by atoms with Crippen molar-refractivity contribution >= 4 is 5.82 Å². The number of anilines is 1. The Morgan fingerprint density at radius 3 is 2.78 bits per heavy atom. The zero-order valence-corrected chi connectivity index (χ0v) is 13.5. The fourth-order valence-electron chi connectivity index (χ4n) is 3.10. The van der Waals surface area contributed by atoms with E-state index in [1.165, 1.54) is 5.56 Å². The highest BCUT2D eigenvalue weighted by atomic mass is 16.5. The molecule has 0 aliphatic carbocycles. The molecule has 118 valence electrons. The molecule has 2 unspecified atom stereocenters. The van der Waals surface area contributed by atoms with Gasteiger partial charge in [0.2, 0.25) is 0 Å². The van der Waals surface area contributed by atoms with Crippen LogP contribution in [0.4, 0.5) is 5.82 Å². The lowest BCUT2D eigenvalue weighted by atomic mass is 9.97. The monoisotopic (exact) mass is 307 g/mol. The molecule has 1 fully saturated rings. The molecule has 2 atom stereocenters. The number of pyridine rings is 1. The third kappa shape index (κ3) is 3.52. The van der Waals surface area contributed by atoms with E-state index in [0.717, 1.165) is 24.1 Å². The molecule has 23 heavy (non-hydrogen) atoms. The number of benzene rings is 1. The van der Waals surface area contributed by atoms with E-state index in [1.807, 2.05) is 38.1 Å². The molecule has 1 aromatic carbocycles. The smallest absolute Gasteiger partial charge is 0.144 e. The van der Waals surface area contributed by atoms with Crippen molar-refractivity contribution in [1.29, 1.82) is 5.26 Å². The number of ether oxygens (including phenoxy) is 1. The average Bonchev–Trinajstić information content (AvgIpc) is 2.56. The summed E-state index contributed by atoms with van der Waals surface area (Å²) >= 11 is 0. The van der Waals surface area contributed by atoms with Gasteiger partial charge in [-0.05, 0) is 43.9 Å². The zero-order valence-electron chi connectivity index (χ0n) is 13.5. The molecule has 0 saturated carbocycles. The summed E-state index contributed by atoms with van der Waals surface area (Å²) in [7, 11) is 0. The summed E-state index contributed by atoms with van der Waals surface area (Å²) in [6.45, 7) is 4.62. The minimum atomic E-state index is 0.0962. The Bertz CT molecular complexity index is 721. The van der Waals surface area contributed by atoms with Gasteiger partial charge in [-0.25, -0.2) is 4.98 Å². The minimum Gasteiger partial charge on any atom is -0.373 e. The minimum absolute atomic E-state index is 0.0962. The highest BCUT2D eigenvalue weighted by Gasteiger charge is 2.25. The number of nitrogens with zero attached hydrogens (tertiary/aromatic N) is 2.